The quantitative estimate of drug-likeness (QED) is 0.0775. The topological polar surface area (TPSA) is 124 Å². The number of rotatable bonds is 12. The molecule has 8 rings (SSSR count). The van der Waals surface area contributed by atoms with E-state index in [4.69, 9.17) is 23.7 Å². The first-order chi connectivity index (χ1) is 35.5. The highest BCUT2D eigenvalue weighted by Crippen LogP contribution is 2.46. The fourth-order valence-electron chi connectivity index (χ4n) is 9.94. The van der Waals surface area contributed by atoms with Gasteiger partial charge in [0, 0.05) is 25.8 Å². The third-order valence-electron chi connectivity index (χ3n) is 14.4. The third-order valence-corrected chi connectivity index (χ3v) is 14.4. The van der Waals surface area contributed by atoms with Crippen molar-refractivity contribution in [1.82, 2.24) is 4.90 Å². The highest BCUT2D eigenvalue weighted by atomic mass is 19.4. The van der Waals surface area contributed by atoms with Gasteiger partial charge >= 0.3 is 30.5 Å². The average molecular weight is 1070 g/mol. The van der Waals surface area contributed by atoms with Crippen molar-refractivity contribution >= 4 is 35.4 Å². The molecule has 0 N–H and O–H groups in total. The van der Waals surface area contributed by atoms with Crippen LogP contribution in [0.15, 0.2) is 60.7 Å². The number of halogens is 6. The highest BCUT2D eigenvalue weighted by molar-refractivity contribution is 6.02. The smallest absolute Gasteiger partial charge is 0.416 e. The first-order valence-electron chi connectivity index (χ1n) is 25.8. The molecule has 0 spiro atoms. The average Bonchev–Trinajstić information content (AvgIpc) is 3.94. The van der Waals surface area contributed by atoms with E-state index in [2.05, 4.69) is 0 Å². The predicted octanol–water partition coefficient (Wildman–Crippen LogP) is 13.7. The minimum Gasteiger partial charge on any atom is -0.489 e. The van der Waals surface area contributed by atoms with Crippen LogP contribution in [0.3, 0.4) is 0 Å². The van der Waals surface area contributed by atoms with Crippen LogP contribution in [0.4, 0.5) is 47.3 Å². The molecule has 76 heavy (non-hydrogen) atoms. The van der Waals surface area contributed by atoms with Crippen LogP contribution in [0.2, 0.25) is 0 Å². The maximum Gasteiger partial charge on any atom is 0.416 e. The van der Waals surface area contributed by atoms with E-state index in [0.29, 0.717) is 65.4 Å². The summed E-state index contributed by atoms with van der Waals surface area (Å²) in [5, 5.41) is 0. The molecule has 4 aromatic carbocycles. The summed E-state index contributed by atoms with van der Waals surface area (Å²) >= 11 is 0. The highest BCUT2D eigenvalue weighted by Gasteiger charge is 2.41. The van der Waals surface area contributed by atoms with Gasteiger partial charge in [0.2, 0.25) is 0 Å². The second-order valence-corrected chi connectivity index (χ2v) is 22.1. The molecule has 2 heterocycles. The number of hydrogen-bond acceptors (Lipinski definition) is 9. The Morgan fingerprint density at radius 2 is 1.07 bits per heavy atom. The minimum atomic E-state index is -4.44. The number of hydrogen-bond donors (Lipinski definition) is 0. The monoisotopic (exact) mass is 1070 g/mol. The summed E-state index contributed by atoms with van der Waals surface area (Å²) in [4.78, 5) is 55.5. The molecule has 4 aromatic rings. The van der Waals surface area contributed by atoms with E-state index in [1.165, 1.54) is 31.2 Å². The van der Waals surface area contributed by atoms with Gasteiger partial charge in [0.05, 0.1) is 30.3 Å². The number of alkyl halides is 6. The van der Waals surface area contributed by atoms with Gasteiger partial charge in [0.25, 0.3) is 5.91 Å². The first kappa shape index (κ1) is 57.2. The number of nitrogens with zero attached hydrogens (tertiary/aromatic N) is 3. The van der Waals surface area contributed by atoms with Crippen molar-refractivity contribution in [3.63, 3.8) is 0 Å². The van der Waals surface area contributed by atoms with Crippen molar-refractivity contribution < 1.29 is 69.2 Å². The van der Waals surface area contributed by atoms with Crippen LogP contribution in [0.25, 0.3) is 0 Å². The van der Waals surface area contributed by atoms with Crippen molar-refractivity contribution in [2.24, 2.45) is 0 Å². The van der Waals surface area contributed by atoms with Crippen LogP contribution >= 0.6 is 0 Å². The molecule has 0 bridgehead atoms. The molecule has 0 saturated heterocycles. The Morgan fingerprint density at radius 3 is 1.46 bits per heavy atom. The summed E-state index contributed by atoms with van der Waals surface area (Å²) in [6.07, 6.45) is -4.04. The molecule has 2 aliphatic carbocycles. The second-order valence-electron chi connectivity index (χ2n) is 22.1. The zero-order valence-corrected chi connectivity index (χ0v) is 45.0. The summed E-state index contributed by atoms with van der Waals surface area (Å²) in [5.74, 6) is -0.0480. The van der Waals surface area contributed by atoms with E-state index in [1.54, 1.807) is 68.1 Å². The predicted molar refractivity (Wildman–Crippen MR) is 275 cm³/mol. The van der Waals surface area contributed by atoms with Crippen LogP contribution < -0.4 is 19.3 Å². The Kier molecular flexibility index (Phi) is 17.0. The summed E-state index contributed by atoms with van der Waals surface area (Å²) in [6, 6.07) is 14.8. The van der Waals surface area contributed by atoms with E-state index >= 15 is 0 Å². The first-order valence-corrected chi connectivity index (χ1v) is 25.8. The molecule has 2 saturated carbocycles. The number of methoxy groups -OCH3 is 1. The zero-order valence-electron chi connectivity index (χ0n) is 45.0. The molecule has 412 valence electrons. The van der Waals surface area contributed by atoms with E-state index in [-0.39, 0.29) is 37.6 Å². The lowest BCUT2D eigenvalue weighted by Gasteiger charge is -2.32. The number of carbonyl (C=O) groups excluding carboxylic acids is 4. The van der Waals surface area contributed by atoms with Crippen molar-refractivity contribution in [2.75, 3.05) is 37.0 Å². The van der Waals surface area contributed by atoms with Crippen LogP contribution in [-0.2, 0) is 62.2 Å². The number of anilines is 2. The summed E-state index contributed by atoms with van der Waals surface area (Å²) < 4.78 is 110. The number of fused-ring (bicyclic) bond motifs is 2. The molecule has 12 nitrogen and oxygen atoms in total. The Morgan fingerprint density at radius 1 is 0.632 bits per heavy atom. The van der Waals surface area contributed by atoms with E-state index < -0.39 is 58.7 Å². The number of esters is 1. The molecule has 18 heteroatoms. The molecule has 3 amide bonds. The largest absolute Gasteiger partial charge is 0.489 e. The molecule has 2 aliphatic heterocycles. The van der Waals surface area contributed by atoms with Crippen molar-refractivity contribution in [1.29, 1.82) is 0 Å². The maximum absolute atomic E-state index is 13.8. The Labute approximate surface area is 440 Å². The molecule has 0 unspecified atom stereocenters. The Hall–Kier alpha value is -6.46. The lowest BCUT2D eigenvalue weighted by atomic mass is 9.78. The zero-order chi connectivity index (χ0) is 55.7. The Balaban J connectivity index is 0.000000229. The van der Waals surface area contributed by atoms with Gasteiger partial charge < -0.3 is 28.6 Å². The van der Waals surface area contributed by atoms with Crippen LogP contribution in [0, 0.1) is 13.8 Å². The minimum absolute atomic E-state index is 0.00321. The number of carbonyl (C=O) groups is 4. The van der Waals surface area contributed by atoms with Gasteiger partial charge in [0.1, 0.15) is 42.0 Å². The summed E-state index contributed by atoms with van der Waals surface area (Å²) in [5.41, 5.74) is 4.02. The number of amides is 3. The molecule has 2 fully saturated rings. The van der Waals surface area contributed by atoms with Crippen molar-refractivity contribution in [3.05, 3.63) is 116 Å². The fraction of sp³-hybridized carbons (Fsp3) is 0.517. The lowest BCUT2D eigenvalue weighted by Crippen LogP contribution is -2.51. The van der Waals surface area contributed by atoms with Crippen molar-refractivity contribution in [2.45, 2.75) is 168 Å². The Bertz CT molecular complexity index is 2810. The van der Waals surface area contributed by atoms with Gasteiger partial charge in [-0.1, -0.05) is 37.1 Å². The van der Waals surface area contributed by atoms with E-state index in [9.17, 15) is 45.5 Å². The van der Waals surface area contributed by atoms with Gasteiger partial charge in [-0.3, -0.25) is 19.4 Å². The van der Waals surface area contributed by atoms with Gasteiger partial charge in [-0.05, 0) is 187 Å². The van der Waals surface area contributed by atoms with Crippen LogP contribution in [-0.4, -0.2) is 73.5 Å². The second kappa shape index (κ2) is 22.6. The SMILES string of the molecule is COC(=O)C[C@H](C(=O)N1CCc2c1ccc(OCc1ccc(C3CCC3)c(C(F)(F)F)c1)c2C)N(C)C(=O)OC(C)(C)C.Cc1c(OCc2ccc(C3CCC3)c(C(F)(F)F)c2)ccc2c1CCN2C(=O)OC(C)(C)C. The number of benzene rings is 4. The van der Waals surface area contributed by atoms with Crippen LogP contribution in [0.5, 0.6) is 11.5 Å². The molecule has 1 atom stereocenters. The molecule has 0 radical (unpaired) electrons. The standard InChI is InChI=1S/C32H39F3N2O6.C26H30F3NO3/c1-19-22-14-15-37(29(39)26(17-28(38)41-6)36(5)30(40)43-31(2,3)4)25(22)12-13-27(19)42-18-20-10-11-23(21-8-7-9-21)24(16-20)32(33,34)35;1-16-19-12-13-30(24(31)33-25(2,3)4)22(19)10-11-23(16)32-15-17-8-9-20(18-6-5-7-18)21(14-17)26(27,28)29/h10-13,16,21,26H,7-9,14-15,17-18H2,1-6H3;8-11,14,18H,5-7,12-13,15H2,1-4H3/t26-;/m1./s1. The molecule has 0 aromatic heterocycles. The molecular formula is C58H69F6N3O9. The van der Waals surface area contributed by atoms with Crippen LogP contribution in [0.1, 0.15) is 154 Å². The summed E-state index contributed by atoms with van der Waals surface area (Å²) in [6.45, 7) is 15.2. The van der Waals surface area contributed by atoms with Gasteiger partial charge in [0.15, 0.2) is 0 Å². The molecule has 4 aliphatic rings. The summed E-state index contributed by atoms with van der Waals surface area (Å²) in [7, 11) is 2.61. The molecular weight excluding hydrogens is 997 g/mol. The number of likely N-dealkylation sites (N-methyl/N-ethyl adjacent to an activating group) is 1. The normalized spacial score (nSPS) is 16.1. The third kappa shape index (κ3) is 13.4. The van der Waals surface area contributed by atoms with Gasteiger partial charge in [-0.25, -0.2) is 9.59 Å². The van der Waals surface area contributed by atoms with Gasteiger partial charge in [-0.15, -0.1) is 0 Å². The van der Waals surface area contributed by atoms with E-state index in [1.807, 2.05) is 40.7 Å². The van der Waals surface area contributed by atoms with Gasteiger partial charge in [-0.2, -0.15) is 26.3 Å². The maximum atomic E-state index is 13.8. The fourth-order valence-corrected chi connectivity index (χ4v) is 9.94. The van der Waals surface area contributed by atoms with Crippen molar-refractivity contribution in [3.8, 4) is 11.5 Å². The lowest BCUT2D eigenvalue weighted by molar-refractivity contribution is -0.144. The van der Waals surface area contributed by atoms with E-state index in [0.717, 1.165) is 71.4 Å². The number of ether oxygens (including phenoxy) is 5.